The summed E-state index contributed by atoms with van der Waals surface area (Å²) < 4.78 is 27.3. The van der Waals surface area contributed by atoms with Gasteiger partial charge < -0.3 is 15.1 Å². The molecular formula is C23H29N5O4S. The maximum absolute atomic E-state index is 13.0. The van der Waals surface area contributed by atoms with Crippen molar-refractivity contribution in [3.05, 3.63) is 48.2 Å². The number of benzene rings is 1. The number of hydrogen-bond acceptors (Lipinski definition) is 6. The molecule has 2 aliphatic rings. The van der Waals surface area contributed by atoms with Crippen LogP contribution in [0.4, 0.5) is 11.5 Å². The molecule has 0 bridgehead atoms. The molecule has 0 unspecified atom stereocenters. The van der Waals surface area contributed by atoms with E-state index in [2.05, 4.69) is 15.2 Å². The summed E-state index contributed by atoms with van der Waals surface area (Å²) in [5, 5.41) is 2.92. The van der Waals surface area contributed by atoms with Crippen molar-refractivity contribution in [3.63, 3.8) is 0 Å². The van der Waals surface area contributed by atoms with E-state index < -0.39 is 10.0 Å². The molecule has 0 radical (unpaired) electrons. The zero-order chi connectivity index (χ0) is 23.4. The third-order valence-corrected chi connectivity index (χ3v) is 8.04. The second-order valence-electron chi connectivity index (χ2n) is 8.31. The number of rotatable bonds is 5. The fraction of sp³-hybridized carbons (Fsp3) is 0.435. The van der Waals surface area contributed by atoms with E-state index in [0.717, 1.165) is 31.7 Å². The smallest absolute Gasteiger partial charge is 0.255 e. The van der Waals surface area contributed by atoms with Gasteiger partial charge in [0.2, 0.25) is 15.9 Å². The van der Waals surface area contributed by atoms with Crippen molar-refractivity contribution >= 4 is 33.3 Å². The Bertz CT molecular complexity index is 1110. The minimum atomic E-state index is -3.69. The minimum Gasteiger partial charge on any atom is -0.355 e. The van der Waals surface area contributed by atoms with Crippen LogP contribution in [-0.2, 0) is 14.8 Å². The summed E-state index contributed by atoms with van der Waals surface area (Å²) in [6.07, 6.45) is 5.12. The van der Waals surface area contributed by atoms with Crippen molar-refractivity contribution in [3.8, 4) is 0 Å². The van der Waals surface area contributed by atoms with Crippen LogP contribution >= 0.6 is 0 Å². The predicted molar refractivity (Wildman–Crippen MR) is 126 cm³/mol. The van der Waals surface area contributed by atoms with Crippen LogP contribution in [0.3, 0.4) is 0 Å². The fourth-order valence-electron chi connectivity index (χ4n) is 4.22. The fourth-order valence-corrected chi connectivity index (χ4v) is 5.64. The van der Waals surface area contributed by atoms with E-state index in [-0.39, 0.29) is 29.8 Å². The number of hydrogen-bond donors (Lipinski definition) is 1. The number of carbonyl (C=O) groups is 2. The van der Waals surface area contributed by atoms with Gasteiger partial charge in [-0.2, -0.15) is 4.31 Å². The molecular weight excluding hydrogens is 442 g/mol. The number of carbonyl (C=O) groups excluding carboxylic acids is 2. The average molecular weight is 472 g/mol. The predicted octanol–water partition coefficient (Wildman–Crippen LogP) is 2.18. The van der Waals surface area contributed by atoms with E-state index in [1.807, 2.05) is 6.07 Å². The van der Waals surface area contributed by atoms with Crippen LogP contribution in [-0.4, -0.2) is 73.7 Å². The Labute approximate surface area is 194 Å². The molecule has 2 saturated heterocycles. The Morgan fingerprint density at radius 1 is 0.909 bits per heavy atom. The van der Waals surface area contributed by atoms with Gasteiger partial charge in [-0.1, -0.05) is 0 Å². The van der Waals surface area contributed by atoms with Gasteiger partial charge in [0.1, 0.15) is 0 Å². The topological polar surface area (TPSA) is 103 Å². The maximum Gasteiger partial charge on any atom is 0.255 e. The summed E-state index contributed by atoms with van der Waals surface area (Å²) in [5.41, 5.74) is 1.01. The standard InChI is InChI=1S/C23H29N5O4S/c1-18(29)26-14-16-28(17-15-26)33(31,32)20-9-7-19(8-10-20)23(30)25-21-6-5-11-24-22(21)27-12-3-2-4-13-27/h5-11H,2-4,12-17H2,1H3,(H,25,30). The van der Waals surface area contributed by atoms with E-state index in [4.69, 9.17) is 0 Å². The Hall–Kier alpha value is -2.98. The lowest BCUT2D eigenvalue weighted by molar-refractivity contribution is -0.129. The maximum atomic E-state index is 13.0. The summed E-state index contributed by atoms with van der Waals surface area (Å²) in [6, 6.07) is 9.56. The molecule has 0 spiro atoms. The van der Waals surface area contributed by atoms with E-state index in [1.54, 1.807) is 17.2 Å². The molecule has 4 rings (SSSR count). The van der Waals surface area contributed by atoms with Gasteiger partial charge in [0.25, 0.3) is 5.91 Å². The zero-order valence-electron chi connectivity index (χ0n) is 18.7. The van der Waals surface area contributed by atoms with E-state index in [9.17, 15) is 18.0 Å². The summed E-state index contributed by atoms with van der Waals surface area (Å²) in [6.45, 7) is 4.56. The van der Waals surface area contributed by atoms with Gasteiger partial charge in [-0.15, -0.1) is 0 Å². The van der Waals surface area contributed by atoms with Crippen molar-refractivity contribution in [1.29, 1.82) is 0 Å². The molecule has 1 aromatic heterocycles. The number of aromatic nitrogens is 1. The Morgan fingerprint density at radius 3 is 2.21 bits per heavy atom. The first-order valence-electron chi connectivity index (χ1n) is 11.2. The van der Waals surface area contributed by atoms with Crippen LogP contribution in [0.15, 0.2) is 47.5 Å². The first-order chi connectivity index (χ1) is 15.9. The van der Waals surface area contributed by atoms with Crippen LogP contribution in [0, 0.1) is 0 Å². The normalized spacial score (nSPS) is 17.6. The average Bonchev–Trinajstić information content (AvgIpc) is 2.85. The van der Waals surface area contributed by atoms with Crippen LogP contribution in [0.5, 0.6) is 0 Å². The third-order valence-electron chi connectivity index (χ3n) is 6.13. The monoisotopic (exact) mass is 471 g/mol. The van der Waals surface area contributed by atoms with E-state index in [1.165, 1.54) is 41.9 Å². The molecule has 1 aromatic carbocycles. The number of sulfonamides is 1. The van der Waals surface area contributed by atoms with E-state index in [0.29, 0.717) is 24.3 Å². The first kappa shape index (κ1) is 23.2. The number of amides is 2. The molecule has 0 atom stereocenters. The number of piperazine rings is 1. The van der Waals surface area contributed by atoms with Gasteiger partial charge in [-0.3, -0.25) is 9.59 Å². The third kappa shape index (κ3) is 5.17. The second-order valence-corrected chi connectivity index (χ2v) is 10.2. The van der Waals surface area contributed by atoms with Gasteiger partial charge in [0, 0.05) is 58.0 Å². The van der Waals surface area contributed by atoms with Crippen LogP contribution in [0.25, 0.3) is 0 Å². The lowest BCUT2D eigenvalue weighted by Gasteiger charge is -2.33. The summed E-state index contributed by atoms with van der Waals surface area (Å²) in [7, 11) is -3.69. The first-order valence-corrected chi connectivity index (χ1v) is 12.7. The number of nitrogens with one attached hydrogen (secondary N) is 1. The highest BCUT2D eigenvalue weighted by molar-refractivity contribution is 7.89. The summed E-state index contributed by atoms with van der Waals surface area (Å²) >= 11 is 0. The van der Waals surface area contributed by atoms with Gasteiger partial charge in [0.05, 0.1) is 10.6 Å². The second kappa shape index (κ2) is 9.88. The van der Waals surface area contributed by atoms with Crippen molar-refractivity contribution in [1.82, 2.24) is 14.2 Å². The highest BCUT2D eigenvalue weighted by atomic mass is 32.2. The van der Waals surface area contributed by atoms with Crippen molar-refractivity contribution in [2.45, 2.75) is 31.1 Å². The Balaban J connectivity index is 1.44. The molecule has 9 nitrogen and oxygen atoms in total. The van der Waals surface area contributed by atoms with Gasteiger partial charge in [0.15, 0.2) is 5.82 Å². The van der Waals surface area contributed by atoms with Gasteiger partial charge in [-0.05, 0) is 55.7 Å². The highest BCUT2D eigenvalue weighted by Crippen LogP contribution is 2.26. The molecule has 1 N–H and O–H groups in total. The number of nitrogens with zero attached hydrogens (tertiary/aromatic N) is 4. The van der Waals surface area contributed by atoms with Crippen molar-refractivity contribution in [2.75, 3.05) is 49.5 Å². The molecule has 2 aliphatic heterocycles. The highest BCUT2D eigenvalue weighted by Gasteiger charge is 2.29. The minimum absolute atomic E-state index is 0.0560. The molecule has 0 aliphatic carbocycles. The van der Waals surface area contributed by atoms with Crippen LogP contribution < -0.4 is 10.2 Å². The molecule has 3 heterocycles. The number of piperidine rings is 1. The molecule has 10 heteroatoms. The molecule has 0 saturated carbocycles. The summed E-state index contributed by atoms with van der Waals surface area (Å²) in [5.74, 6) is 0.384. The SMILES string of the molecule is CC(=O)N1CCN(S(=O)(=O)c2ccc(C(=O)Nc3cccnc3N3CCCCC3)cc2)CC1. The number of pyridine rings is 1. The van der Waals surface area contributed by atoms with E-state index >= 15 is 0 Å². The van der Waals surface area contributed by atoms with Crippen molar-refractivity contribution < 1.29 is 18.0 Å². The van der Waals surface area contributed by atoms with Crippen LogP contribution in [0.1, 0.15) is 36.5 Å². The Kier molecular flexibility index (Phi) is 6.94. The van der Waals surface area contributed by atoms with Gasteiger partial charge in [-0.25, -0.2) is 13.4 Å². The molecule has 2 amide bonds. The number of anilines is 2. The van der Waals surface area contributed by atoms with Crippen molar-refractivity contribution in [2.24, 2.45) is 0 Å². The molecule has 2 aromatic rings. The van der Waals surface area contributed by atoms with Crippen LogP contribution in [0.2, 0.25) is 0 Å². The Morgan fingerprint density at radius 2 is 1.58 bits per heavy atom. The summed E-state index contributed by atoms with van der Waals surface area (Å²) in [4.78, 5) is 32.8. The molecule has 2 fully saturated rings. The molecule has 33 heavy (non-hydrogen) atoms. The lowest BCUT2D eigenvalue weighted by atomic mass is 10.1. The molecule has 176 valence electrons. The van der Waals surface area contributed by atoms with Gasteiger partial charge >= 0.3 is 0 Å². The zero-order valence-corrected chi connectivity index (χ0v) is 19.6. The largest absolute Gasteiger partial charge is 0.355 e. The lowest BCUT2D eigenvalue weighted by Crippen LogP contribution is -2.49. The quantitative estimate of drug-likeness (QED) is 0.717.